The number of fused-ring (bicyclic) bond motifs is 1. The van der Waals surface area contributed by atoms with Gasteiger partial charge in [-0.3, -0.25) is 14.9 Å². The SMILES string of the molecule is CCCc1nc2ccc(Br)cc2c(=O)n1N=Cc1cccc([N+](=O)[O-])c1OCc1ccc(C)cc1. The zero-order valence-corrected chi connectivity index (χ0v) is 20.9. The number of halogens is 1. The fourth-order valence-electron chi connectivity index (χ4n) is 3.60. The summed E-state index contributed by atoms with van der Waals surface area (Å²) in [5.41, 5.74) is 2.46. The van der Waals surface area contributed by atoms with Crippen LogP contribution in [0.1, 0.15) is 35.9 Å². The molecule has 8 nitrogen and oxygen atoms in total. The average molecular weight is 535 g/mol. The summed E-state index contributed by atoms with van der Waals surface area (Å²) in [6.45, 7) is 4.12. The number of aromatic nitrogens is 2. The summed E-state index contributed by atoms with van der Waals surface area (Å²) >= 11 is 3.39. The molecule has 0 unspecified atom stereocenters. The lowest BCUT2D eigenvalue weighted by molar-refractivity contribution is -0.385. The quantitative estimate of drug-likeness (QED) is 0.162. The highest BCUT2D eigenvalue weighted by atomic mass is 79.9. The molecule has 0 aliphatic heterocycles. The highest BCUT2D eigenvalue weighted by molar-refractivity contribution is 9.10. The number of rotatable bonds is 8. The van der Waals surface area contributed by atoms with E-state index in [1.807, 2.05) is 44.2 Å². The van der Waals surface area contributed by atoms with Crippen molar-refractivity contribution in [3.63, 3.8) is 0 Å². The zero-order valence-electron chi connectivity index (χ0n) is 19.3. The van der Waals surface area contributed by atoms with Gasteiger partial charge in [0.1, 0.15) is 12.4 Å². The van der Waals surface area contributed by atoms with Crippen molar-refractivity contribution >= 4 is 38.7 Å². The van der Waals surface area contributed by atoms with Crippen molar-refractivity contribution < 1.29 is 9.66 Å². The Morgan fingerprint density at radius 3 is 2.66 bits per heavy atom. The van der Waals surface area contributed by atoms with E-state index in [0.29, 0.717) is 28.7 Å². The fraction of sp³-hybridized carbons (Fsp3) is 0.192. The lowest BCUT2D eigenvalue weighted by atomic mass is 10.1. The Balaban J connectivity index is 1.77. The second-order valence-corrected chi connectivity index (χ2v) is 8.94. The Labute approximate surface area is 210 Å². The molecule has 178 valence electrons. The molecule has 0 bridgehead atoms. The Morgan fingerprint density at radius 1 is 1.17 bits per heavy atom. The van der Waals surface area contributed by atoms with E-state index >= 15 is 0 Å². The first kappa shape index (κ1) is 24.3. The Morgan fingerprint density at radius 2 is 1.94 bits per heavy atom. The number of hydrogen-bond acceptors (Lipinski definition) is 6. The van der Waals surface area contributed by atoms with Gasteiger partial charge in [-0.2, -0.15) is 9.78 Å². The van der Waals surface area contributed by atoms with E-state index in [9.17, 15) is 14.9 Å². The first-order valence-electron chi connectivity index (χ1n) is 11.1. The predicted octanol–water partition coefficient (Wildman–Crippen LogP) is 5.79. The lowest BCUT2D eigenvalue weighted by Crippen LogP contribution is -2.22. The zero-order chi connectivity index (χ0) is 24.9. The summed E-state index contributed by atoms with van der Waals surface area (Å²) in [4.78, 5) is 29.1. The maximum atomic E-state index is 13.2. The van der Waals surface area contributed by atoms with Gasteiger partial charge >= 0.3 is 5.69 Å². The minimum absolute atomic E-state index is 0.0865. The van der Waals surface area contributed by atoms with Crippen molar-refractivity contribution in [1.29, 1.82) is 0 Å². The van der Waals surface area contributed by atoms with E-state index in [1.165, 1.54) is 17.0 Å². The Kier molecular flexibility index (Phi) is 7.36. The van der Waals surface area contributed by atoms with Crippen LogP contribution in [0.2, 0.25) is 0 Å². The maximum absolute atomic E-state index is 13.2. The average Bonchev–Trinajstić information content (AvgIpc) is 2.84. The molecule has 0 spiro atoms. The van der Waals surface area contributed by atoms with E-state index in [2.05, 4.69) is 26.0 Å². The van der Waals surface area contributed by atoms with Crippen molar-refractivity contribution in [2.24, 2.45) is 5.10 Å². The summed E-state index contributed by atoms with van der Waals surface area (Å²) in [7, 11) is 0. The van der Waals surface area contributed by atoms with Crippen LogP contribution in [-0.2, 0) is 13.0 Å². The molecule has 0 fully saturated rings. The van der Waals surface area contributed by atoms with E-state index in [4.69, 9.17) is 4.74 Å². The second kappa shape index (κ2) is 10.6. The topological polar surface area (TPSA) is 99.6 Å². The van der Waals surface area contributed by atoms with Crippen molar-refractivity contribution in [2.75, 3.05) is 0 Å². The number of nitro groups is 1. The molecule has 0 N–H and O–H groups in total. The smallest absolute Gasteiger partial charge is 0.311 e. The van der Waals surface area contributed by atoms with Gasteiger partial charge in [0, 0.05) is 22.5 Å². The molecule has 0 aliphatic rings. The van der Waals surface area contributed by atoms with E-state index in [-0.39, 0.29) is 23.6 Å². The summed E-state index contributed by atoms with van der Waals surface area (Å²) in [5, 5.41) is 16.5. The normalized spacial score (nSPS) is 11.3. The van der Waals surface area contributed by atoms with E-state index in [0.717, 1.165) is 22.0 Å². The van der Waals surface area contributed by atoms with Gasteiger partial charge < -0.3 is 4.74 Å². The third-order valence-corrected chi connectivity index (χ3v) is 5.88. The van der Waals surface area contributed by atoms with Gasteiger partial charge in [0.05, 0.1) is 22.0 Å². The molecule has 3 aromatic carbocycles. The van der Waals surface area contributed by atoms with Crippen LogP contribution in [0.15, 0.2) is 75.0 Å². The minimum atomic E-state index is -0.494. The van der Waals surface area contributed by atoms with Crippen LogP contribution in [0.25, 0.3) is 10.9 Å². The molecule has 9 heteroatoms. The minimum Gasteiger partial charge on any atom is -0.481 e. The highest BCUT2D eigenvalue weighted by Crippen LogP contribution is 2.31. The number of ether oxygens (including phenoxy) is 1. The Hall–Kier alpha value is -3.85. The summed E-state index contributed by atoms with van der Waals surface area (Å²) in [5.74, 6) is 0.597. The molecule has 1 aromatic heterocycles. The summed E-state index contributed by atoms with van der Waals surface area (Å²) in [6.07, 6.45) is 2.72. The van der Waals surface area contributed by atoms with Gasteiger partial charge in [0.2, 0.25) is 5.75 Å². The van der Waals surface area contributed by atoms with Crippen LogP contribution in [-0.4, -0.2) is 20.8 Å². The van der Waals surface area contributed by atoms with Gasteiger partial charge in [-0.05, 0) is 43.2 Å². The largest absolute Gasteiger partial charge is 0.481 e. The molecule has 0 aliphatic carbocycles. The van der Waals surface area contributed by atoms with Gasteiger partial charge in [-0.1, -0.05) is 58.7 Å². The van der Waals surface area contributed by atoms with Crippen LogP contribution in [0.5, 0.6) is 5.75 Å². The van der Waals surface area contributed by atoms with Crippen LogP contribution in [0, 0.1) is 17.0 Å². The van der Waals surface area contributed by atoms with Gasteiger partial charge in [0.15, 0.2) is 0 Å². The van der Waals surface area contributed by atoms with E-state index < -0.39 is 4.92 Å². The third kappa shape index (κ3) is 5.46. The molecule has 4 aromatic rings. The van der Waals surface area contributed by atoms with Crippen molar-refractivity contribution in [2.45, 2.75) is 33.3 Å². The standard InChI is InChI=1S/C26H23BrN4O4/c1-3-5-24-29-22-13-12-20(27)14-21(22)26(32)30(24)28-15-19-6-4-7-23(31(33)34)25(19)35-16-18-10-8-17(2)9-11-18/h4,6-15H,3,5,16H2,1-2H3. The van der Waals surface area contributed by atoms with E-state index in [1.54, 1.807) is 24.3 Å². The first-order valence-corrected chi connectivity index (χ1v) is 11.9. The molecule has 35 heavy (non-hydrogen) atoms. The van der Waals surface area contributed by atoms with Gasteiger partial charge in [0.25, 0.3) is 5.56 Å². The molecule has 0 atom stereocenters. The van der Waals surface area contributed by atoms with Crippen LogP contribution >= 0.6 is 15.9 Å². The van der Waals surface area contributed by atoms with Crippen LogP contribution in [0.4, 0.5) is 5.69 Å². The molecular formula is C26H23BrN4O4. The lowest BCUT2D eigenvalue weighted by Gasteiger charge is -2.11. The molecule has 0 saturated carbocycles. The third-order valence-electron chi connectivity index (χ3n) is 5.39. The van der Waals surface area contributed by atoms with Crippen LogP contribution < -0.4 is 10.3 Å². The predicted molar refractivity (Wildman–Crippen MR) is 139 cm³/mol. The van der Waals surface area contributed by atoms with Crippen molar-refractivity contribution in [3.05, 3.63) is 108 Å². The Bertz CT molecular complexity index is 1480. The number of nitrogens with zero attached hydrogens (tertiary/aromatic N) is 4. The number of para-hydroxylation sites is 1. The van der Waals surface area contributed by atoms with Gasteiger partial charge in [-0.25, -0.2) is 4.98 Å². The first-order chi connectivity index (χ1) is 16.9. The maximum Gasteiger partial charge on any atom is 0.311 e. The fourth-order valence-corrected chi connectivity index (χ4v) is 3.96. The molecule has 1 heterocycles. The molecular weight excluding hydrogens is 512 g/mol. The second-order valence-electron chi connectivity index (χ2n) is 8.03. The summed E-state index contributed by atoms with van der Waals surface area (Å²) in [6, 6.07) is 17.6. The number of benzene rings is 3. The molecule has 0 amide bonds. The summed E-state index contributed by atoms with van der Waals surface area (Å²) < 4.78 is 7.90. The number of hydrogen-bond donors (Lipinski definition) is 0. The van der Waals surface area contributed by atoms with Gasteiger partial charge in [-0.15, -0.1) is 0 Å². The number of aryl methyl sites for hydroxylation is 2. The number of nitro benzene ring substituents is 1. The van der Waals surface area contributed by atoms with Crippen LogP contribution in [0.3, 0.4) is 0 Å². The van der Waals surface area contributed by atoms with Crippen molar-refractivity contribution in [1.82, 2.24) is 9.66 Å². The molecule has 4 rings (SSSR count). The monoisotopic (exact) mass is 534 g/mol. The molecule has 0 saturated heterocycles. The van der Waals surface area contributed by atoms with Crippen molar-refractivity contribution in [3.8, 4) is 5.75 Å². The highest BCUT2D eigenvalue weighted by Gasteiger charge is 2.19. The molecule has 0 radical (unpaired) electrons.